The first-order chi connectivity index (χ1) is 16.1. The average Bonchev–Trinajstić information content (AvgIpc) is 3.47. The van der Waals surface area contributed by atoms with Crippen molar-refractivity contribution in [1.29, 1.82) is 0 Å². The van der Waals surface area contributed by atoms with Crippen LogP contribution in [-0.2, 0) is 0 Å². The van der Waals surface area contributed by atoms with Crippen LogP contribution in [0.4, 0.5) is 14.9 Å². The van der Waals surface area contributed by atoms with Gasteiger partial charge in [0.2, 0.25) is 5.89 Å². The zero-order chi connectivity index (χ0) is 22.8. The highest BCUT2D eigenvalue weighted by Crippen LogP contribution is 2.35. The molecule has 0 radical (unpaired) electrons. The Kier molecular flexibility index (Phi) is 5.69. The first kappa shape index (κ1) is 21.0. The second-order valence-electron chi connectivity index (χ2n) is 7.93. The van der Waals surface area contributed by atoms with Crippen LogP contribution in [0.25, 0.3) is 22.2 Å². The zero-order valence-electron chi connectivity index (χ0n) is 18.3. The smallest absolute Gasteiger partial charge is 0.322 e. The number of benzene rings is 3. The molecule has 2 amide bonds. The number of carbonyl (C=O) groups is 1. The molecule has 0 spiro atoms. The number of oxazole rings is 1. The number of anilines is 1. The molecule has 1 atom stereocenters. The molecule has 1 unspecified atom stereocenters. The van der Waals surface area contributed by atoms with Crippen molar-refractivity contribution in [2.75, 3.05) is 18.5 Å². The first-order valence-corrected chi connectivity index (χ1v) is 11.1. The normalized spacial score (nSPS) is 15.7. The van der Waals surface area contributed by atoms with Gasteiger partial charge in [-0.2, -0.15) is 0 Å². The Morgan fingerprint density at radius 3 is 2.85 bits per heavy atom. The van der Waals surface area contributed by atoms with E-state index in [0.29, 0.717) is 47.1 Å². The molecule has 1 aromatic heterocycles. The van der Waals surface area contributed by atoms with Crippen LogP contribution >= 0.6 is 0 Å². The third-order valence-corrected chi connectivity index (χ3v) is 5.82. The molecule has 3 aromatic carbocycles. The van der Waals surface area contributed by atoms with E-state index >= 15 is 0 Å². The van der Waals surface area contributed by atoms with E-state index < -0.39 is 0 Å². The van der Waals surface area contributed by atoms with Crippen molar-refractivity contribution in [2.24, 2.45) is 0 Å². The van der Waals surface area contributed by atoms with Gasteiger partial charge < -0.3 is 19.4 Å². The molecule has 1 aliphatic rings. The number of nitrogens with one attached hydrogen (secondary N) is 1. The number of nitrogens with zero attached hydrogens (tertiary/aromatic N) is 2. The number of carbonyl (C=O) groups excluding carboxylic acids is 1. The lowest BCUT2D eigenvalue weighted by Crippen LogP contribution is -2.34. The van der Waals surface area contributed by atoms with Gasteiger partial charge in [-0.05, 0) is 55.7 Å². The molecule has 5 rings (SSSR count). The summed E-state index contributed by atoms with van der Waals surface area (Å²) in [7, 11) is 0. The van der Waals surface area contributed by atoms with Crippen LogP contribution < -0.4 is 10.1 Å². The number of hydrogen-bond acceptors (Lipinski definition) is 4. The van der Waals surface area contributed by atoms with Crippen molar-refractivity contribution in [2.45, 2.75) is 25.8 Å². The van der Waals surface area contributed by atoms with E-state index in [1.165, 1.54) is 6.07 Å². The summed E-state index contributed by atoms with van der Waals surface area (Å²) in [6.45, 7) is 3.02. The number of rotatable bonds is 5. The summed E-state index contributed by atoms with van der Waals surface area (Å²) in [4.78, 5) is 19.5. The number of hydrogen-bond donors (Lipinski definition) is 1. The number of aromatic nitrogens is 1. The molecule has 2 heterocycles. The molecule has 4 aromatic rings. The monoisotopic (exact) mass is 445 g/mol. The highest BCUT2D eigenvalue weighted by Gasteiger charge is 2.34. The van der Waals surface area contributed by atoms with Crippen LogP contribution in [0.15, 0.2) is 71.1 Å². The van der Waals surface area contributed by atoms with E-state index in [1.54, 1.807) is 29.2 Å². The lowest BCUT2D eigenvalue weighted by atomic mass is 10.0. The quantitative estimate of drug-likeness (QED) is 0.386. The van der Waals surface area contributed by atoms with Gasteiger partial charge in [-0.3, -0.25) is 0 Å². The minimum Gasteiger partial charge on any atom is -0.492 e. The Labute approximate surface area is 191 Å². The van der Waals surface area contributed by atoms with E-state index in [0.717, 1.165) is 18.4 Å². The predicted molar refractivity (Wildman–Crippen MR) is 125 cm³/mol. The number of likely N-dealkylation sites (tertiary alicyclic amines) is 1. The molecule has 0 aliphatic carbocycles. The summed E-state index contributed by atoms with van der Waals surface area (Å²) in [6.07, 6.45) is 1.61. The summed E-state index contributed by atoms with van der Waals surface area (Å²) < 4.78 is 25.9. The molecule has 33 heavy (non-hydrogen) atoms. The van der Waals surface area contributed by atoms with Crippen molar-refractivity contribution in [3.8, 4) is 16.9 Å². The predicted octanol–water partition coefficient (Wildman–Crippen LogP) is 6.40. The number of para-hydroxylation sites is 2. The highest BCUT2D eigenvalue weighted by molar-refractivity contribution is 5.91. The number of amides is 2. The maximum Gasteiger partial charge on any atom is 0.322 e. The van der Waals surface area contributed by atoms with Gasteiger partial charge >= 0.3 is 6.03 Å². The average molecular weight is 445 g/mol. The van der Waals surface area contributed by atoms with E-state index in [-0.39, 0.29) is 17.9 Å². The molecular weight excluding hydrogens is 421 g/mol. The fraction of sp³-hybridized carbons (Fsp3) is 0.231. The fourth-order valence-corrected chi connectivity index (χ4v) is 4.26. The minimum atomic E-state index is -0.286. The van der Waals surface area contributed by atoms with Gasteiger partial charge in [-0.1, -0.05) is 36.4 Å². The highest BCUT2D eigenvalue weighted by atomic mass is 19.1. The standard InChI is InChI=1S/C26H24FN3O3/c1-2-32-23-12-6-5-10-20(23)29-26(31)30-15-7-11-22(30)25-28-21-16-17(13-14-24(21)33-25)18-8-3-4-9-19(18)27/h3-6,8-10,12-14,16,22H,2,7,11,15H2,1H3,(H,29,31). The molecule has 168 valence electrons. The Bertz CT molecular complexity index is 1300. The van der Waals surface area contributed by atoms with Gasteiger partial charge in [0.1, 0.15) is 23.1 Å². The first-order valence-electron chi connectivity index (χ1n) is 11.1. The zero-order valence-corrected chi connectivity index (χ0v) is 18.3. The van der Waals surface area contributed by atoms with Crippen molar-refractivity contribution in [1.82, 2.24) is 9.88 Å². The molecular formula is C26H24FN3O3. The Balaban J connectivity index is 1.40. The van der Waals surface area contributed by atoms with Gasteiger partial charge in [0.25, 0.3) is 0 Å². The molecule has 1 N–H and O–H groups in total. The Hall–Kier alpha value is -3.87. The fourth-order valence-electron chi connectivity index (χ4n) is 4.26. The van der Waals surface area contributed by atoms with Gasteiger partial charge in [0.05, 0.1) is 12.3 Å². The molecule has 0 saturated carbocycles. The number of ether oxygens (including phenoxy) is 1. The lowest BCUT2D eigenvalue weighted by Gasteiger charge is -2.23. The summed E-state index contributed by atoms with van der Waals surface area (Å²) in [5.74, 6) is 0.833. The second-order valence-corrected chi connectivity index (χ2v) is 7.93. The van der Waals surface area contributed by atoms with Gasteiger partial charge in [0.15, 0.2) is 5.58 Å². The lowest BCUT2D eigenvalue weighted by molar-refractivity contribution is 0.198. The van der Waals surface area contributed by atoms with Crippen molar-refractivity contribution in [3.63, 3.8) is 0 Å². The molecule has 1 aliphatic heterocycles. The Morgan fingerprint density at radius 1 is 1.18 bits per heavy atom. The Morgan fingerprint density at radius 2 is 2.00 bits per heavy atom. The summed E-state index contributed by atoms with van der Waals surface area (Å²) in [5, 5.41) is 2.96. The molecule has 7 heteroatoms. The largest absolute Gasteiger partial charge is 0.492 e. The van der Waals surface area contributed by atoms with E-state index in [2.05, 4.69) is 10.3 Å². The van der Waals surface area contributed by atoms with Crippen LogP contribution in [0.1, 0.15) is 31.7 Å². The number of halogens is 1. The maximum absolute atomic E-state index is 14.2. The van der Waals surface area contributed by atoms with Gasteiger partial charge in [-0.25, -0.2) is 14.2 Å². The SMILES string of the molecule is CCOc1ccccc1NC(=O)N1CCCC1c1nc2cc(-c3ccccc3F)ccc2o1. The second kappa shape index (κ2) is 8.94. The third kappa shape index (κ3) is 4.14. The van der Waals surface area contributed by atoms with Crippen molar-refractivity contribution < 1.29 is 18.3 Å². The molecule has 1 fully saturated rings. The minimum absolute atomic E-state index is 0.223. The molecule has 1 saturated heterocycles. The molecule has 0 bridgehead atoms. The number of urea groups is 1. The van der Waals surface area contributed by atoms with Crippen molar-refractivity contribution in [3.05, 3.63) is 78.4 Å². The molecule has 6 nitrogen and oxygen atoms in total. The van der Waals surface area contributed by atoms with Crippen LogP contribution in [0.5, 0.6) is 5.75 Å². The van der Waals surface area contributed by atoms with Gasteiger partial charge in [0, 0.05) is 12.1 Å². The van der Waals surface area contributed by atoms with Crippen molar-refractivity contribution >= 4 is 22.8 Å². The van der Waals surface area contributed by atoms with E-state index in [4.69, 9.17) is 9.15 Å². The van der Waals surface area contributed by atoms with E-state index in [9.17, 15) is 9.18 Å². The van der Waals surface area contributed by atoms with E-state index in [1.807, 2.05) is 43.3 Å². The van der Waals surface area contributed by atoms with Crippen LogP contribution in [0.3, 0.4) is 0 Å². The van der Waals surface area contributed by atoms with Crippen LogP contribution in [0, 0.1) is 5.82 Å². The summed E-state index contributed by atoms with van der Waals surface area (Å²) >= 11 is 0. The summed E-state index contributed by atoms with van der Waals surface area (Å²) in [6, 6.07) is 18.9. The topological polar surface area (TPSA) is 67.6 Å². The van der Waals surface area contributed by atoms with Crippen LogP contribution in [0.2, 0.25) is 0 Å². The number of fused-ring (bicyclic) bond motifs is 1. The maximum atomic E-state index is 14.2. The summed E-state index contributed by atoms with van der Waals surface area (Å²) in [5.41, 5.74) is 3.12. The van der Waals surface area contributed by atoms with Gasteiger partial charge in [-0.15, -0.1) is 0 Å². The van der Waals surface area contributed by atoms with Crippen LogP contribution in [-0.4, -0.2) is 29.1 Å². The third-order valence-electron chi connectivity index (χ3n) is 5.82.